The predicted molar refractivity (Wildman–Crippen MR) is 128 cm³/mol. The van der Waals surface area contributed by atoms with Gasteiger partial charge in [0.1, 0.15) is 5.75 Å². The average Bonchev–Trinajstić information content (AvgIpc) is 3.22. The normalized spacial score (nSPS) is 11.8. The van der Waals surface area contributed by atoms with E-state index in [0.29, 0.717) is 22.9 Å². The topological polar surface area (TPSA) is 80.6 Å². The molecule has 4 aromatic rings. The molecular weight excluding hydrogens is 440 g/mol. The Bertz CT molecular complexity index is 1310. The summed E-state index contributed by atoms with van der Waals surface area (Å²) in [5.74, 6) is -0.640. The van der Waals surface area contributed by atoms with E-state index in [1.165, 1.54) is 12.1 Å². The number of hydrogen-bond acceptors (Lipinski definition) is 3. The molecule has 0 aliphatic rings. The Morgan fingerprint density at radius 1 is 1.06 bits per heavy atom. The largest absolute Gasteiger partial charge is 0.497 e. The van der Waals surface area contributed by atoms with Crippen LogP contribution in [0.5, 0.6) is 5.75 Å². The van der Waals surface area contributed by atoms with Gasteiger partial charge in [0.25, 0.3) is 5.91 Å². The van der Waals surface area contributed by atoms with Crippen LogP contribution in [0.25, 0.3) is 10.9 Å². The molecule has 1 aromatic heterocycles. The number of ether oxygens (including phenoxy) is 1. The first-order chi connectivity index (χ1) is 15.9. The lowest BCUT2D eigenvalue weighted by Crippen LogP contribution is -2.27. The van der Waals surface area contributed by atoms with Gasteiger partial charge in [-0.15, -0.1) is 0 Å². The Morgan fingerprint density at radius 2 is 1.76 bits per heavy atom. The van der Waals surface area contributed by atoms with Crippen molar-refractivity contribution in [2.75, 3.05) is 7.11 Å². The Hall–Kier alpha value is -3.77. The standard InChI is InChI=1S/C26H23ClN2O4/c1-16(18-5-7-19(8-6-18)26(31)32)28-25(30)23-14-22(33-2)13-20-11-12-29(24(20)23)15-17-3-9-21(27)10-4-17/h3-14,16H,15H2,1-2H3,(H,28,30)(H,31,32)/t16-/m0/s1. The molecule has 0 aliphatic heterocycles. The maximum atomic E-state index is 13.3. The fourth-order valence-electron chi connectivity index (χ4n) is 3.80. The van der Waals surface area contributed by atoms with E-state index in [1.54, 1.807) is 25.3 Å². The van der Waals surface area contributed by atoms with Gasteiger partial charge in [0, 0.05) is 23.2 Å². The number of fused-ring (bicyclic) bond motifs is 1. The Kier molecular flexibility index (Phi) is 6.38. The average molecular weight is 463 g/mol. The Labute approximate surface area is 196 Å². The molecule has 33 heavy (non-hydrogen) atoms. The Morgan fingerprint density at radius 3 is 2.39 bits per heavy atom. The molecule has 0 fully saturated rings. The van der Waals surface area contributed by atoms with Gasteiger partial charge >= 0.3 is 5.97 Å². The van der Waals surface area contributed by atoms with E-state index in [0.717, 1.165) is 22.0 Å². The molecule has 0 bridgehead atoms. The van der Waals surface area contributed by atoms with Gasteiger partial charge in [0.15, 0.2) is 0 Å². The van der Waals surface area contributed by atoms with Crippen LogP contribution in [0, 0.1) is 0 Å². The molecule has 0 spiro atoms. The minimum atomic E-state index is -0.988. The second kappa shape index (κ2) is 9.38. The number of rotatable bonds is 7. The molecule has 1 atom stereocenters. The fourth-order valence-corrected chi connectivity index (χ4v) is 3.93. The van der Waals surface area contributed by atoms with E-state index < -0.39 is 5.97 Å². The van der Waals surface area contributed by atoms with E-state index in [1.807, 2.05) is 54.1 Å². The number of methoxy groups -OCH3 is 1. The summed E-state index contributed by atoms with van der Waals surface area (Å²) in [7, 11) is 1.57. The molecule has 168 valence electrons. The van der Waals surface area contributed by atoms with Crippen LogP contribution in [0.15, 0.2) is 72.9 Å². The van der Waals surface area contributed by atoms with Gasteiger partial charge in [-0.05, 0) is 60.5 Å². The number of amides is 1. The van der Waals surface area contributed by atoms with E-state index in [2.05, 4.69) is 5.32 Å². The molecule has 6 nitrogen and oxygen atoms in total. The van der Waals surface area contributed by atoms with Gasteiger partial charge in [-0.1, -0.05) is 35.9 Å². The van der Waals surface area contributed by atoms with Crippen LogP contribution >= 0.6 is 11.6 Å². The van der Waals surface area contributed by atoms with Crippen LogP contribution in [0.3, 0.4) is 0 Å². The van der Waals surface area contributed by atoms with Crippen LogP contribution < -0.4 is 10.1 Å². The zero-order valence-electron chi connectivity index (χ0n) is 18.2. The molecule has 7 heteroatoms. The first-order valence-electron chi connectivity index (χ1n) is 10.4. The van der Waals surface area contributed by atoms with E-state index in [4.69, 9.17) is 21.4 Å². The number of aromatic carboxylic acids is 1. The van der Waals surface area contributed by atoms with Crippen molar-refractivity contribution in [3.63, 3.8) is 0 Å². The van der Waals surface area contributed by atoms with E-state index >= 15 is 0 Å². The zero-order valence-corrected chi connectivity index (χ0v) is 19.0. The highest BCUT2D eigenvalue weighted by molar-refractivity contribution is 6.30. The molecule has 0 aliphatic carbocycles. The molecule has 2 N–H and O–H groups in total. The van der Waals surface area contributed by atoms with Crippen LogP contribution in [0.1, 0.15) is 44.8 Å². The maximum absolute atomic E-state index is 13.3. The first kappa shape index (κ1) is 22.4. The summed E-state index contributed by atoms with van der Waals surface area (Å²) in [6.07, 6.45) is 1.95. The van der Waals surface area contributed by atoms with E-state index in [-0.39, 0.29) is 17.5 Å². The SMILES string of the molecule is COc1cc(C(=O)N[C@@H](C)c2ccc(C(=O)O)cc2)c2c(ccn2Cc2ccc(Cl)cc2)c1. The molecule has 0 saturated carbocycles. The molecule has 4 rings (SSSR count). The number of carboxylic acid groups (broad SMARTS) is 1. The second-order valence-corrected chi connectivity index (χ2v) is 8.24. The Balaban J connectivity index is 1.65. The van der Waals surface area contributed by atoms with Crippen molar-refractivity contribution in [3.8, 4) is 5.75 Å². The number of carbonyl (C=O) groups is 2. The van der Waals surface area contributed by atoms with Gasteiger partial charge in [-0.25, -0.2) is 4.79 Å². The van der Waals surface area contributed by atoms with Gasteiger partial charge in [0.2, 0.25) is 0 Å². The lowest BCUT2D eigenvalue weighted by atomic mass is 10.0. The summed E-state index contributed by atoms with van der Waals surface area (Å²) in [6.45, 7) is 2.44. The van der Waals surface area contributed by atoms with Crippen molar-refractivity contribution in [1.82, 2.24) is 9.88 Å². The van der Waals surface area contributed by atoms with Gasteiger partial charge < -0.3 is 19.7 Å². The second-order valence-electron chi connectivity index (χ2n) is 7.81. The van der Waals surface area contributed by atoms with Crippen LogP contribution in [-0.4, -0.2) is 28.7 Å². The minimum absolute atomic E-state index is 0.201. The fraction of sp³-hybridized carbons (Fsp3) is 0.154. The van der Waals surface area contributed by atoms with Gasteiger partial charge in [-0.2, -0.15) is 0 Å². The number of carboxylic acids is 1. The van der Waals surface area contributed by atoms with Gasteiger partial charge in [-0.3, -0.25) is 4.79 Å². The third-order valence-corrected chi connectivity index (χ3v) is 5.84. The number of benzene rings is 3. The van der Waals surface area contributed by atoms with Crippen LogP contribution in [-0.2, 0) is 6.54 Å². The van der Waals surface area contributed by atoms with Crippen molar-refractivity contribution in [2.24, 2.45) is 0 Å². The minimum Gasteiger partial charge on any atom is -0.497 e. The molecule has 1 heterocycles. The zero-order chi connectivity index (χ0) is 23.5. The quantitative estimate of drug-likeness (QED) is 0.378. The summed E-state index contributed by atoms with van der Waals surface area (Å²) >= 11 is 6.01. The number of nitrogens with one attached hydrogen (secondary N) is 1. The first-order valence-corrected chi connectivity index (χ1v) is 10.8. The number of carbonyl (C=O) groups excluding carboxylic acids is 1. The molecule has 3 aromatic carbocycles. The highest BCUT2D eigenvalue weighted by Gasteiger charge is 2.19. The third-order valence-electron chi connectivity index (χ3n) is 5.59. The summed E-state index contributed by atoms with van der Waals surface area (Å²) in [6, 6.07) is 19.3. The summed E-state index contributed by atoms with van der Waals surface area (Å²) in [5, 5.41) is 13.7. The van der Waals surface area contributed by atoms with Crippen LogP contribution in [0.2, 0.25) is 5.02 Å². The van der Waals surface area contributed by atoms with Crippen molar-refractivity contribution >= 4 is 34.4 Å². The maximum Gasteiger partial charge on any atom is 0.335 e. The van der Waals surface area contributed by atoms with Crippen molar-refractivity contribution in [1.29, 1.82) is 0 Å². The number of halogens is 1. The number of hydrogen-bond donors (Lipinski definition) is 2. The third kappa shape index (κ3) is 4.86. The lowest BCUT2D eigenvalue weighted by molar-refractivity contribution is 0.0696. The number of nitrogens with zero attached hydrogens (tertiary/aromatic N) is 1. The molecular formula is C26H23ClN2O4. The molecule has 0 saturated heterocycles. The van der Waals surface area contributed by atoms with Gasteiger partial charge in [0.05, 0.1) is 29.8 Å². The highest BCUT2D eigenvalue weighted by Crippen LogP contribution is 2.28. The monoisotopic (exact) mass is 462 g/mol. The molecule has 0 radical (unpaired) electrons. The highest BCUT2D eigenvalue weighted by atomic mass is 35.5. The molecule has 1 amide bonds. The van der Waals surface area contributed by atoms with Crippen molar-refractivity contribution < 1.29 is 19.4 Å². The smallest absolute Gasteiger partial charge is 0.335 e. The van der Waals surface area contributed by atoms with E-state index in [9.17, 15) is 9.59 Å². The summed E-state index contributed by atoms with van der Waals surface area (Å²) < 4.78 is 7.45. The lowest BCUT2D eigenvalue weighted by Gasteiger charge is -2.17. The number of aromatic nitrogens is 1. The van der Waals surface area contributed by atoms with Crippen LogP contribution in [0.4, 0.5) is 0 Å². The van der Waals surface area contributed by atoms with Crippen molar-refractivity contribution in [3.05, 3.63) is 100 Å². The summed E-state index contributed by atoms with van der Waals surface area (Å²) in [4.78, 5) is 24.4. The summed E-state index contributed by atoms with van der Waals surface area (Å²) in [5.41, 5.74) is 3.37. The van der Waals surface area contributed by atoms with Crippen molar-refractivity contribution in [2.45, 2.75) is 19.5 Å². The predicted octanol–water partition coefficient (Wildman–Crippen LogP) is 5.54. The molecule has 0 unspecified atom stereocenters.